The normalized spacial score (nSPS) is 9.79. The van der Waals surface area contributed by atoms with Crippen LogP contribution in [-0.2, 0) is 4.74 Å². The van der Waals surface area contributed by atoms with Crippen LogP contribution in [-0.4, -0.2) is 23.4 Å². The molecule has 0 aliphatic rings. The van der Waals surface area contributed by atoms with Crippen molar-refractivity contribution >= 4 is 23.4 Å². The lowest BCUT2D eigenvalue weighted by Gasteiger charge is -2.06. The number of amides is 1. The number of anilines is 3. The summed E-state index contributed by atoms with van der Waals surface area (Å²) >= 11 is 0. The Morgan fingerprint density at radius 3 is 2.58 bits per heavy atom. The van der Waals surface area contributed by atoms with Gasteiger partial charge in [-0.2, -0.15) is 0 Å². The SMILES string of the molecule is COC(=O)Nc1ccc(Nc2cccc(F)c2)nn1. The van der Waals surface area contributed by atoms with Crippen molar-refractivity contribution in [2.75, 3.05) is 17.7 Å². The Hall–Kier alpha value is -2.70. The molecular formula is C12H11FN4O2. The Bertz CT molecular complexity index is 574. The fraction of sp³-hybridized carbons (Fsp3) is 0.0833. The Kier molecular flexibility index (Phi) is 3.87. The van der Waals surface area contributed by atoms with Crippen LogP contribution in [0.3, 0.4) is 0 Å². The predicted molar refractivity (Wildman–Crippen MR) is 67.7 cm³/mol. The molecule has 0 spiro atoms. The lowest BCUT2D eigenvalue weighted by molar-refractivity contribution is 0.187. The van der Waals surface area contributed by atoms with E-state index in [-0.39, 0.29) is 11.6 Å². The van der Waals surface area contributed by atoms with Crippen molar-refractivity contribution in [3.63, 3.8) is 0 Å². The number of carbonyl (C=O) groups excluding carboxylic acids is 1. The number of rotatable bonds is 3. The van der Waals surface area contributed by atoms with Gasteiger partial charge in [-0.05, 0) is 30.3 Å². The molecule has 7 heteroatoms. The largest absolute Gasteiger partial charge is 0.453 e. The molecule has 1 aromatic heterocycles. The van der Waals surface area contributed by atoms with Crippen LogP contribution in [0.25, 0.3) is 0 Å². The number of methoxy groups -OCH3 is 1. The highest BCUT2D eigenvalue weighted by Gasteiger charge is 2.03. The highest BCUT2D eigenvalue weighted by molar-refractivity contribution is 5.83. The molecule has 19 heavy (non-hydrogen) atoms. The predicted octanol–water partition coefficient (Wildman–Crippen LogP) is 2.54. The number of hydrogen-bond donors (Lipinski definition) is 2. The molecule has 0 unspecified atom stereocenters. The van der Waals surface area contributed by atoms with E-state index in [4.69, 9.17) is 0 Å². The van der Waals surface area contributed by atoms with Crippen LogP contribution in [0.15, 0.2) is 36.4 Å². The topological polar surface area (TPSA) is 76.1 Å². The third-order valence-corrected chi connectivity index (χ3v) is 2.18. The fourth-order valence-corrected chi connectivity index (χ4v) is 1.34. The summed E-state index contributed by atoms with van der Waals surface area (Å²) in [4.78, 5) is 10.9. The van der Waals surface area contributed by atoms with Crippen molar-refractivity contribution in [3.05, 3.63) is 42.2 Å². The molecule has 0 fully saturated rings. The van der Waals surface area contributed by atoms with Gasteiger partial charge in [-0.1, -0.05) is 6.07 Å². The van der Waals surface area contributed by atoms with Crippen LogP contribution in [0.2, 0.25) is 0 Å². The standard InChI is InChI=1S/C12H11FN4O2/c1-19-12(18)15-11-6-5-10(16-17-11)14-9-4-2-3-8(13)7-9/h2-7H,1H3,(H,14,16)(H,15,17,18). The molecular weight excluding hydrogens is 251 g/mol. The van der Waals surface area contributed by atoms with Gasteiger partial charge in [-0.25, -0.2) is 9.18 Å². The fourth-order valence-electron chi connectivity index (χ4n) is 1.34. The summed E-state index contributed by atoms with van der Waals surface area (Å²) in [6, 6.07) is 9.11. The van der Waals surface area contributed by atoms with Gasteiger partial charge in [-0.3, -0.25) is 5.32 Å². The Morgan fingerprint density at radius 2 is 1.95 bits per heavy atom. The average Bonchev–Trinajstić information content (AvgIpc) is 2.41. The lowest BCUT2D eigenvalue weighted by atomic mass is 10.3. The van der Waals surface area contributed by atoms with Gasteiger partial charge in [0.1, 0.15) is 5.82 Å². The number of hydrogen-bond acceptors (Lipinski definition) is 5. The van der Waals surface area contributed by atoms with E-state index >= 15 is 0 Å². The third kappa shape index (κ3) is 3.63. The maximum atomic E-state index is 13.0. The highest BCUT2D eigenvalue weighted by atomic mass is 19.1. The average molecular weight is 262 g/mol. The van der Waals surface area contributed by atoms with Gasteiger partial charge in [0.15, 0.2) is 11.6 Å². The number of halogens is 1. The molecule has 0 bridgehead atoms. The van der Waals surface area contributed by atoms with Crippen molar-refractivity contribution in [2.45, 2.75) is 0 Å². The number of nitrogens with zero attached hydrogens (tertiary/aromatic N) is 2. The van der Waals surface area contributed by atoms with E-state index in [0.29, 0.717) is 11.5 Å². The monoisotopic (exact) mass is 262 g/mol. The van der Waals surface area contributed by atoms with Gasteiger partial charge in [-0.15, -0.1) is 10.2 Å². The first-order chi connectivity index (χ1) is 9.17. The van der Waals surface area contributed by atoms with E-state index in [9.17, 15) is 9.18 Å². The lowest BCUT2D eigenvalue weighted by Crippen LogP contribution is -2.12. The molecule has 0 aliphatic heterocycles. The van der Waals surface area contributed by atoms with Crippen LogP contribution >= 0.6 is 0 Å². The van der Waals surface area contributed by atoms with E-state index in [2.05, 4.69) is 25.6 Å². The van der Waals surface area contributed by atoms with Crippen molar-refractivity contribution in [1.29, 1.82) is 0 Å². The Morgan fingerprint density at radius 1 is 1.21 bits per heavy atom. The van der Waals surface area contributed by atoms with Crippen molar-refractivity contribution < 1.29 is 13.9 Å². The molecule has 2 N–H and O–H groups in total. The summed E-state index contributed by atoms with van der Waals surface area (Å²) in [5, 5.41) is 12.9. The summed E-state index contributed by atoms with van der Waals surface area (Å²) in [6.07, 6.45) is -0.625. The van der Waals surface area contributed by atoms with E-state index < -0.39 is 6.09 Å². The van der Waals surface area contributed by atoms with Gasteiger partial charge in [0.2, 0.25) is 0 Å². The van der Waals surface area contributed by atoms with Gasteiger partial charge in [0.25, 0.3) is 0 Å². The number of nitrogens with one attached hydrogen (secondary N) is 2. The molecule has 0 saturated heterocycles. The maximum absolute atomic E-state index is 13.0. The van der Waals surface area contributed by atoms with Gasteiger partial charge in [0.05, 0.1) is 7.11 Å². The molecule has 1 aromatic carbocycles. The van der Waals surface area contributed by atoms with E-state index in [1.54, 1.807) is 24.3 Å². The second-order valence-electron chi connectivity index (χ2n) is 3.56. The number of ether oxygens (including phenoxy) is 1. The Labute approximate surface area is 108 Å². The molecule has 2 aromatic rings. The Balaban J connectivity index is 2.04. The molecule has 0 saturated carbocycles. The van der Waals surface area contributed by atoms with E-state index in [1.165, 1.54) is 19.2 Å². The van der Waals surface area contributed by atoms with Crippen LogP contribution in [0.1, 0.15) is 0 Å². The van der Waals surface area contributed by atoms with Crippen LogP contribution < -0.4 is 10.6 Å². The highest BCUT2D eigenvalue weighted by Crippen LogP contribution is 2.15. The molecule has 2 rings (SSSR count). The molecule has 0 atom stereocenters. The molecule has 1 amide bonds. The quantitative estimate of drug-likeness (QED) is 0.888. The smallest absolute Gasteiger partial charge is 0.412 e. The first-order valence-corrected chi connectivity index (χ1v) is 5.38. The second-order valence-corrected chi connectivity index (χ2v) is 3.56. The molecule has 98 valence electrons. The maximum Gasteiger partial charge on any atom is 0.412 e. The van der Waals surface area contributed by atoms with Crippen LogP contribution in [0.5, 0.6) is 0 Å². The second kappa shape index (κ2) is 5.76. The first kappa shape index (κ1) is 12.7. The van der Waals surface area contributed by atoms with E-state index in [1.807, 2.05) is 0 Å². The summed E-state index contributed by atoms with van der Waals surface area (Å²) in [5.74, 6) is 0.347. The number of carbonyl (C=O) groups is 1. The minimum atomic E-state index is -0.625. The van der Waals surface area contributed by atoms with Gasteiger partial charge < -0.3 is 10.1 Å². The van der Waals surface area contributed by atoms with E-state index in [0.717, 1.165) is 0 Å². The van der Waals surface area contributed by atoms with Crippen molar-refractivity contribution in [2.24, 2.45) is 0 Å². The zero-order chi connectivity index (χ0) is 13.7. The first-order valence-electron chi connectivity index (χ1n) is 5.38. The molecule has 0 radical (unpaired) electrons. The number of aromatic nitrogens is 2. The minimum Gasteiger partial charge on any atom is -0.453 e. The van der Waals surface area contributed by atoms with Gasteiger partial charge >= 0.3 is 6.09 Å². The summed E-state index contributed by atoms with van der Waals surface area (Å²) in [6.45, 7) is 0. The zero-order valence-corrected chi connectivity index (χ0v) is 10.1. The van der Waals surface area contributed by atoms with Crippen LogP contribution in [0, 0.1) is 5.82 Å². The summed E-state index contributed by atoms with van der Waals surface area (Å²) in [5.41, 5.74) is 0.558. The molecule has 6 nitrogen and oxygen atoms in total. The zero-order valence-electron chi connectivity index (χ0n) is 10.1. The molecule has 0 aliphatic carbocycles. The molecule has 1 heterocycles. The minimum absolute atomic E-state index is 0.261. The van der Waals surface area contributed by atoms with Gasteiger partial charge in [0, 0.05) is 5.69 Å². The van der Waals surface area contributed by atoms with Crippen molar-refractivity contribution in [1.82, 2.24) is 10.2 Å². The summed E-state index contributed by atoms with van der Waals surface area (Å²) in [7, 11) is 1.25. The van der Waals surface area contributed by atoms with Crippen LogP contribution in [0.4, 0.5) is 26.5 Å². The van der Waals surface area contributed by atoms with Crippen molar-refractivity contribution in [3.8, 4) is 0 Å². The number of benzene rings is 1. The third-order valence-electron chi connectivity index (χ3n) is 2.18. The summed E-state index contributed by atoms with van der Waals surface area (Å²) < 4.78 is 17.4.